The fourth-order valence-electron chi connectivity index (χ4n) is 3.04. The molecule has 0 bridgehead atoms. The normalized spacial score (nSPS) is 22.3. The topological polar surface area (TPSA) is 35.2 Å². The molecule has 0 amide bonds. The van der Waals surface area contributed by atoms with Crippen LogP contribution in [0.15, 0.2) is 12.1 Å². The first kappa shape index (κ1) is 9.22. The van der Waals surface area contributed by atoms with E-state index in [1.165, 1.54) is 24.0 Å². The number of fused-ring (bicyclic) bond motifs is 3. The summed E-state index contributed by atoms with van der Waals surface area (Å²) < 4.78 is 5.62. The van der Waals surface area contributed by atoms with Crippen LogP contribution in [0.4, 0.5) is 0 Å². The zero-order valence-electron chi connectivity index (χ0n) is 8.96. The SMILES string of the molecule is NCC[C@H]1CCc2ccc3c(c21)CCO3. The average molecular weight is 203 g/mol. The van der Waals surface area contributed by atoms with E-state index in [1.54, 1.807) is 5.56 Å². The third-order valence-corrected chi connectivity index (χ3v) is 3.70. The van der Waals surface area contributed by atoms with Gasteiger partial charge in [0.15, 0.2) is 0 Å². The molecule has 0 saturated heterocycles. The van der Waals surface area contributed by atoms with Crippen molar-refractivity contribution < 1.29 is 4.74 Å². The molecule has 2 heteroatoms. The molecule has 0 saturated carbocycles. The van der Waals surface area contributed by atoms with Gasteiger partial charge >= 0.3 is 0 Å². The third kappa shape index (κ3) is 1.36. The predicted octanol–water partition coefficient (Wildman–Crippen LogP) is 2.00. The van der Waals surface area contributed by atoms with Crippen LogP contribution in [0.3, 0.4) is 0 Å². The Bertz CT molecular complexity index is 384. The highest BCUT2D eigenvalue weighted by Crippen LogP contribution is 2.42. The van der Waals surface area contributed by atoms with E-state index in [9.17, 15) is 0 Å². The number of aryl methyl sites for hydroxylation is 1. The van der Waals surface area contributed by atoms with Crippen LogP contribution in [0.25, 0.3) is 0 Å². The van der Waals surface area contributed by atoms with Gasteiger partial charge in [-0.15, -0.1) is 0 Å². The van der Waals surface area contributed by atoms with Crippen LogP contribution >= 0.6 is 0 Å². The molecule has 80 valence electrons. The highest BCUT2D eigenvalue weighted by molar-refractivity contribution is 5.51. The quantitative estimate of drug-likeness (QED) is 0.798. The fraction of sp³-hybridized carbons (Fsp3) is 0.538. The van der Waals surface area contributed by atoms with E-state index in [2.05, 4.69) is 12.1 Å². The Kier molecular flexibility index (Phi) is 2.17. The van der Waals surface area contributed by atoms with Gasteiger partial charge in [0, 0.05) is 12.0 Å². The van der Waals surface area contributed by atoms with E-state index in [1.807, 2.05) is 0 Å². The Balaban J connectivity index is 2.05. The van der Waals surface area contributed by atoms with Crippen LogP contribution in [0.2, 0.25) is 0 Å². The van der Waals surface area contributed by atoms with Crippen molar-refractivity contribution in [1.29, 1.82) is 0 Å². The molecule has 1 atom stereocenters. The molecule has 0 fully saturated rings. The molecular weight excluding hydrogens is 186 g/mol. The summed E-state index contributed by atoms with van der Waals surface area (Å²) in [5.74, 6) is 1.82. The number of nitrogens with two attached hydrogens (primary N) is 1. The Morgan fingerprint density at radius 3 is 3.13 bits per heavy atom. The number of rotatable bonds is 2. The predicted molar refractivity (Wildman–Crippen MR) is 60.4 cm³/mol. The van der Waals surface area contributed by atoms with E-state index in [0.29, 0.717) is 5.92 Å². The largest absolute Gasteiger partial charge is 0.493 e. The molecule has 1 aromatic carbocycles. The summed E-state index contributed by atoms with van der Waals surface area (Å²) in [6.45, 7) is 1.66. The molecular formula is C13H17NO. The number of ether oxygens (including phenoxy) is 1. The van der Waals surface area contributed by atoms with E-state index < -0.39 is 0 Å². The Labute approximate surface area is 90.4 Å². The first-order chi connectivity index (χ1) is 7.40. The summed E-state index contributed by atoms with van der Waals surface area (Å²) in [6, 6.07) is 4.39. The summed E-state index contributed by atoms with van der Waals surface area (Å²) in [7, 11) is 0. The summed E-state index contributed by atoms with van der Waals surface area (Å²) in [4.78, 5) is 0. The smallest absolute Gasteiger partial charge is 0.122 e. The maximum atomic E-state index is 5.68. The zero-order valence-corrected chi connectivity index (χ0v) is 8.96. The van der Waals surface area contributed by atoms with Crippen molar-refractivity contribution in [2.24, 2.45) is 5.73 Å². The lowest BCUT2D eigenvalue weighted by Gasteiger charge is -2.13. The van der Waals surface area contributed by atoms with Gasteiger partial charge in [0.05, 0.1) is 6.61 Å². The number of benzene rings is 1. The van der Waals surface area contributed by atoms with Crippen molar-refractivity contribution in [3.05, 3.63) is 28.8 Å². The van der Waals surface area contributed by atoms with Gasteiger partial charge in [-0.25, -0.2) is 0 Å². The van der Waals surface area contributed by atoms with Crippen molar-refractivity contribution in [3.63, 3.8) is 0 Å². The molecule has 2 aliphatic rings. The minimum atomic E-state index is 0.696. The second-order valence-electron chi connectivity index (χ2n) is 4.53. The lowest BCUT2D eigenvalue weighted by molar-refractivity contribution is 0.357. The van der Waals surface area contributed by atoms with E-state index >= 15 is 0 Å². The molecule has 0 spiro atoms. The van der Waals surface area contributed by atoms with Gasteiger partial charge in [-0.2, -0.15) is 0 Å². The van der Waals surface area contributed by atoms with Crippen LogP contribution in [-0.4, -0.2) is 13.2 Å². The molecule has 0 radical (unpaired) electrons. The lowest BCUT2D eigenvalue weighted by atomic mass is 9.92. The monoisotopic (exact) mass is 203 g/mol. The van der Waals surface area contributed by atoms with Crippen molar-refractivity contribution in [2.75, 3.05) is 13.2 Å². The van der Waals surface area contributed by atoms with Gasteiger partial charge < -0.3 is 10.5 Å². The highest BCUT2D eigenvalue weighted by Gasteiger charge is 2.28. The molecule has 1 heterocycles. The van der Waals surface area contributed by atoms with Crippen molar-refractivity contribution in [3.8, 4) is 5.75 Å². The maximum absolute atomic E-state index is 5.68. The number of hydrogen-bond donors (Lipinski definition) is 1. The standard InChI is InChI=1S/C13H17NO/c14-7-5-10-2-1-9-3-4-12-11(13(9)10)6-8-15-12/h3-4,10H,1-2,5-8,14H2/t10-/m1/s1. The molecule has 1 aromatic rings. The zero-order chi connectivity index (χ0) is 10.3. The second kappa shape index (κ2) is 3.53. The van der Waals surface area contributed by atoms with Crippen LogP contribution in [0.1, 0.15) is 35.4 Å². The average Bonchev–Trinajstić information content (AvgIpc) is 2.83. The van der Waals surface area contributed by atoms with Gasteiger partial charge in [0.25, 0.3) is 0 Å². The van der Waals surface area contributed by atoms with Gasteiger partial charge in [-0.1, -0.05) is 6.07 Å². The number of hydrogen-bond acceptors (Lipinski definition) is 2. The molecule has 1 aliphatic carbocycles. The van der Waals surface area contributed by atoms with Gasteiger partial charge in [0.2, 0.25) is 0 Å². The van der Waals surface area contributed by atoms with Gasteiger partial charge in [-0.3, -0.25) is 0 Å². The minimum Gasteiger partial charge on any atom is -0.493 e. The molecule has 15 heavy (non-hydrogen) atoms. The minimum absolute atomic E-state index is 0.696. The van der Waals surface area contributed by atoms with Crippen LogP contribution in [0, 0.1) is 0 Å². The van der Waals surface area contributed by atoms with E-state index in [4.69, 9.17) is 10.5 Å². The van der Waals surface area contributed by atoms with Crippen molar-refractivity contribution in [1.82, 2.24) is 0 Å². The summed E-state index contributed by atoms with van der Waals surface area (Å²) >= 11 is 0. The van der Waals surface area contributed by atoms with Crippen LogP contribution in [-0.2, 0) is 12.8 Å². The summed E-state index contributed by atoms with van der Waals surface area (Å²) in [5.41, 5.74) is 10.3. The highest BCUT2D eigenvalue weighted by atomic mass is 16.5. The van der Waals surface area contributed by atoms with E-state index in [0.717, 1.165) is 31.7 Å². The molecule has 3 rings (SSSR count). The molecule has 0 aromatic heterocycles. The van der Waals surface area contributed by atoms with Gasteiger partial charge in [-0.05, 0) is 48.9 Å². The van der Waals surface area contributed by atoms with Crippen LogP contribution < -0.4 is 10.5 Å². The lowest BCUT2D eigenvalue weighted by Crippen LogP contribution is -2.06. The first-order valence-electron chi connectivity index (χ1n) is 5.87. The van der Waals surface area contributed by atoms with E-state index in [-0.39, 0.29) is 0 Å². The van der Waals surface area contributed by atoms with Gasteiger partial charge in [0.1, 0.15) is 5.75 Å². The Morgan fingerprint density at radius 1 is 1.33 bits per heavy atom. The molecule has 1 aliphatic heterocycles. The molecule has 0 unspecified atom stereocenters. The Morgan fingerprint density at radius 2 is 2.27 bits per heavy atom. The summed E-state index contributed by atoms with van der Waals surface area (Å²) in [5, 5.41) is 0. The Hall–Kier alpha value is -1.02. The second-order valence-corrected chi connectivity index (χ2v) is 4.53. The maximum Gasteiger partial charge on any atom is 0.122 e. The van der Waals surface area contributed by atoms with Crippen LogP contribution in [0.5, 0.6) is 5.75 Å². The third-order valence-electron chi connectivity index (χ3n) is 3.70. The summed E-state index contributed by atoms with van der Waals surface area (Å²) in [6.07, 6.45) is 4.74. The van der Waals surface area contributed by atoms with Crippen molar-refractivity contribution >= 4 is 0 Å². The first-order valence-corrected chi connectivity index (χ1v) is 5.87. The molecule has 2 nitrogen and oxygen atoms in total. The molecule has 2 N–H and O–H groups in total. The van der Waals surface area contributed by atoms with Crippen molar-refractivity contribution in [2.45, 2.75) is 31.6 Å². The fourth-order valence-corrected chi connectivity index (χ4v) is 3.04.